The lowest BCUT2D eigenvalue weighted by Crippen LogP contribution is -2.15. The molecule has 0 saturated carbocycles. The summed E-state index contributed by atoms with van der Waals surface area (Å²) in [5.41, 5.74) is 0.825. The van der Waals surface area contributed by atoms with Gasteiger partial charge < -0.3 is 10.6 Å². The summed E-state index contributed by atoms with van der Waals surface area (Å²) in [5, 5.41) is 10.1. The number of halogens is 1. The second-order valence-electron chi connectivity index (χ2n) is 4.88. The second-order valence-corrected chi connectivity index (χ2v) is 6.76. The highest BCUT2D eigenvalue weighted by atomic mass is 32.2. The Balaban J connectivity index is 2.26. The Bertz CT molecular complexity index is 871. The van der Waals surface area contributed by atoms with Gasteiger partial charge in [0.1, 0.15) is 5.82 Å². The molecule has 0 radical (unpaired) electrons. The maximum Gasteiger partial charge on any atom is 0.214 e. The molecule has 0 saturated heterocycles. The number of benzene rings is 1. The average molecular weight is 322 g/mol. The minimum atomic E-state index is -3.90. The molecule has 2 aromatic rings. The Morgan fingerprint density at radius 1 is 1.41 bits per heavy atom. The Kier molecular flexibility index (Phi) is 3.40. The van der Waals surface area contributed by atoms with Gasteiger partial charge in [0.2, 0.25) is 9.84 Å². The van der Waals surface area contributed by atoms with Crippen LogP contribution in [0.15, 0.2) is 40.1 Å². The highest BCUT2D eigenvalue weighted by Crippen LogP contribution is 2.36. The fourth-order valence-corrected chi connectivity index (χ4v) is 3.94. The van der Waals surface area contributed by atoms with Crippen LogP contribution < -0.4 is 10.6 Å². The minimum absolute atomic E-state index is 0.0213. The van der Waals surface area contributed by atoms with Crippen LogP contribution in [0.25, 0.3) is 5.70 Å². The third kappa shape index (κ3) is 2.16. The number of hydrogen-bond acceptors (Lipinski definition) is 5. The molecule has 0 amide bonds. The first kappa shape index (κ1) is 14.6. The Morgan fingerprint density at radius 2 is 2.18 bits per heavy atom. The van der Waals surface area contributed by atoms with Gasteiger partial charge in [-0.3, -0.25) is 0 Å². The number of allylic oxidation sites excluding steroid dienone is 1. The zero-order valence-electron chi connectivity index (χ0n) is 12.1. The van der Waals surface area contributed by atoms with Gasteiger partial charge in [-0.25, -0.2) is 17.5 Å². The van der Waals surface area contributed by atoms with Crippen LogP contribution in [0.5, 0.6) is 0 Å². The summed E-state index contributed by atoms with van der Waals surface area (Å²) in [6.07, 6.45) is 1.90. The fourth-order valence-electron chi connectivity index (χ4n) is 2.37. The smallest absolute Gasteiger partial charge is 0.214 e. The molecular formula is C14H15FN4O2S. The number of anilines is 2. The lowest BCUT2D eigenvalue weighted by molar-refractivity contribution is 0.591. The molecular weight excluding hydrogens is 307 g/mol. The van der Waals surface area contributed by atoms with Crippen LogP contribution in [0, 0.1) is 5.82 Å². The summed E-state index contributed by atoms with van der Waals surface area (Å²) in [6, 6.07) is 4.95. The van der Waals surface area contributed by atoms with Crippen LogP contribution in [0.4, 0.5) is 16.0 Å². The third-order valence-corrected chi connectivity index (χ3v) is 5.25. The van der Waals surface area contributed by atoms with Crippen molar-refractivity contribution in [1.29, 1.82) is 0 Å². The molecule has 1 aliphatic heterocycles. The molecule has 8 heteroatoms. The lowest BCUT2D eigenvalue weighted by atomic mass is 10.3. The highest BCUT2D eigenvalue weighted by molar-refractivity contribution is 7.91. The van der Waals surface area contributed by atoms with Crippen molar-refractivity contribution in [3.8, 4) is 0 Å². The van der Waals surface area contributed by atoms with E-state index >= 15 is 0 Å². The van der Waals surface area contributed by atoms with Crippen molar-refractivity contribution >= 4 is 27.2 Å². The summed E-state index contributed by atoms with van der Waals surface area (Å²) in [7, 11) is -2.31. The van der Waals surface area contributed by atoms with Gasteiger partial charge >= 0.3 is 0 Å². The number of nitrogens with one attached hydrogen (secondary N) is 2. The van der Waals surface area contributed by atoms with Gasteiger partial charge in [-0.2, -0.15) is 0 Å². The van der Waals surface area contributed by atoms with Gasteiger partial charge in [0.05, 0.1) is 4.90 Å². The van der Waals surface area contributed by atoms with Crippen LogP contribution in [-0.4, -0.2) is 31.8 Å². The molecule has 1 aromatic carbocycles. The number of rotatable bonds is 3. The quantitative estimate of drug-likeness (QED) is 0.906. The van der Waals surface area contributed by atoms with Crippen molar-refractivity contribution < 1.29 is 12.8 Å². The Labute approximate surface area is 127 Å². The Hall–Kier alpha value is -2.35. The molecule has 1 aliphatic rings. The maximum atomic E-state index is 13.4. The summed E-state index contributed by atoms with van der Waals surface area (Å²) in [4.78, 5) is -0.0816. The van der Waals surface area contributed by atoms with E-state index in [4.69, 9.17) is 0 Å². The molecule has 1 aromatic heterocycles. The van der Waals surface area contributed by atoms with Gasteiger partial charge in [0, 0.05) is 19.3 Å². The topological polar surface area (TPSA) is 76.0 Å². The first-order chi connectivity index (χ1) is 10.4. The van der Waals surface area contributed by atoms with Crippen LogP contribution >= 0.6 is 0 Å². The predicted octanol–water partition coefficient (Wildman–Crippen LogP) is 2.18. The number of hydrogen-bond donors (Lipinski definition) is 2. The van der Waals surface area contributed by atoms with Crippen molar-refractivity contribution in [3.05, 3.63) is 36.2 Å². The molecule has 22 heavy (non-hydrogen) atoms. The van der Waals surface area contributed by atoms with E-state index in [0.29, 0.717) is 12.4 Å². The van der Waals surface area contributed by atoms with Crippen LogP contribution in [-0.2, 0) is 9.84 Å². The highest BCUT2D eigenvalue weighted by Gasteiger charge is 2.31. The number of aromatic nitrogens is 2. The van der Waals surface area contributed by atoms with Crippen molar-refractivity contribution in [1.82, 2.24) is 9.78 Å². The third-order valence-electron chi connectivity index (χ3n) is 3.45. The summed E-state index contributed by atoms with van der Waals surface area (Å²) in [6.45, 7) is 2.35. The van der Waals surface area contributed by atoms with Crippen molar-refractivity contribution in [3.63, 3.8) is 0 Å². The standard InChI is InChI=1S/C14H15FN4O2S/c1-9-6-7-17-14-12(13(16-2)18-19(9)14)22(20,21)11-5-3-4-10(15)8-11/h3-6,8,17H,7H2,1-2H3,(H,16,18). The van der Waals surface area contributed by atoms with Gasteiger partial charge in [-0.1, -0.05) is 6.07 Å². The molecule has 0 unspecified atom stereocenters. The van der Waals surface area contributed by atoms with Crippen molar-refractivity contribution in [2.24, 2.45) is 0 Å². The number of nitrogens with zero attached hydrogens (tertiary/aromatic N) is 2. The van der Waals surface area contributed by atoms with E-state index in [9.17, 15) is 12.8 Å². The van der Waals surface area contributed by atoms with Crippen molar-refractivity contribution in [2.75, 3.05) is 24.2 Å². The summed E-state index contributed by atoms with van der Waals surface area (Å²) < 4.78 is 40.7. The van der Waals surface area contributed by atoms with Gasteiger partial charge in [-0.15, -0.1) is 5.10 Å². The maximum absolute atomic E-state index is 13.4. The van der Waals surface area contributed by atoms with E-state index in [1.54, 1.807) is 7.05 Å². The number of fused-ring (bicyclic) bond motifs is 1. The zero-order valence-corrected chi connectivity index (χ0v) is 12.9. The molecule has 0 fully saturated rings. The van der Waals surface area contributed by atoms with Gasteiger partial charge in [-0.05, 0) is 31.2 Å². The first-order valence-electron chi connectivity index (χ1n) is 6.67. The van der Waals surface area contributed by atoms with E-state index in [1.807, 2.05) is 13.0 Å². The Morgan fingerprint density at radius 3 is 2.86 bits per heavy atom. The largest absolute Gasteiger partial charge is 0.370 e. The monoisotopic (exact) mass is 322 g/mol. The molecule has 116 valence electrons. The molecule has 3 rings (SSSR count). The number of sulfone groups is 1. The lowest BCUT2D eigenvalue weighted by Gasteiger charge is -2.15. The minimum Gasteiger partial charge on any atom is -0.370 e. The van der Waals surface area contributed by atoms with Gasteiger partial charge in [0.15, 0.2) is 16.5 Å². The van der Waals surface area contributed by atoms with Crippen LogP contribution in [0.2, 0.25) is 0 Å². The zero-order chi connectivity index (χ0) is 15.9. The van der Waals surface area contributed by atoms with E-state index in [2.05, 4.69) is 15.7 Å². The molecule has 0 aliphatic carbocycles. The van der Waals surface area contributed by atoms with Crippen molar-refractivity contribution in [2.45, 2.75) is 16.7 Å². The summed E-state index contributed by atoms with van der Waals surface area (Å²) >= 11 is 0. The predicted molar refractivity (Wildman–Crippen MR) is 82.1 cm³/mol. The second kappa shape index (κ2) is 5.13. The first-order valence-corrected chi connectivity index (χ1v) is 8.16. The fraction of sp³-hybridized carbons (Fsp3) is 0.214. The molecule has 2 N–H and O–H groups in total. The summed E-state index contributed by atoms with van der Waals surface area (Å²) in [5.74, 6) is 0.00665. The molecule has 6 nitrogen and oxygen atoms in total. The van der Waals surface area contributed by atoms with Crippen LogP contribution in [0.3, 0.4) is 0 Å². The van der Waals surface area contributed by atoms with E-state index in [0.717, 1.165) is 11.8 Å². The van der Waals surface area contributed by atoms with E-state index in [1.165, 1.54) is 22.9 Å². The van der Waals surface area contributed by atoms with Gasteiger partial charge in [0.25, 0.3) is 0 Å². The van der Waals surface area contributed by atoms with Crippen LogP contribution in [0.1, 0.15) is 6.92 Å². The normalized spacial score (nSPS) is 14.0. The SMILES string of the molecule is CNc1nn2c(c1S(=O)(=O)c1cccc(F)c1)NCC=C2C. The molecule has 0 bridgehead atoms. The van der Waals surface area contributed by atoms with E-state index in [-0.39, 0.29) is 15.6 Å². The molecule has 2 heterocycles. The average Bonchev–Trinajstić information content (AvgIpc) is 2.88. The molecule has 0 atom stereocenters. The van der Waals surface area contributed by atoms with E-state index < -0.39 is 15.7 Å². The molecule has 0 spiro atoms.